The third-order valence-electron chi connectivity index (χ3n) is 2.90. The minimum absolute atomic E-state index is 0.161. The Labute approximate surface area is 138 Å². The molecule has 2 aromatic rings. The summed E-state index contributed by atoms with van der Waals surface area (Å²) in [6, 6.07) is 10.7. The van der Waals surface area contributed by atoms with Crippen molar-refractivity contribution in [1.29, 1.82) is 0 Å². The Bertz CT molecular complexity index is 613. The molecule has 0 unspecified atom stereocenters. The molecule has 0 spiro atoms. The zero-order chi connectivity index (χ0) is 14.7. The standard InChI is InChI=1S/C15H12Cl4O/c1-9(13-5-4-12(17)7-15(13)19)20-8-10-2-3-11(16)6-14(10)18/h2-7,9H,8H2,1H3/t9-/m0/s1. The molecule has 0 aliphatic heterocycles. The smallest absolute Gasteiger partial charge is 0.0815 e. The summed E-state index contributed by atoms with van der Waals surface area (Å²) in [4.78, 5) is 0. The summed E-state index contributed by atoms with van der Waals surface area (Å²) in [5.41, 5.74) is 1.77. The summed E-state index contributed by atoms with van der Waals surface area (Å²) in [7, 11) is 0. The highest BCUT2D eigenvalue weighted by molar-refractivity contribution is 6.35. The zero-order valence-corrected chi connectivity index (χ0v) is 13.7. The van der Waals surface area contributed by atoms with Gasteiger partial charge >= 0.3 is 0 Å². The monoisotopic (exact) mass is 348 g/mol. The van der Waals surface area contributed by atoms with E-state index in [1.165, 1.54) is 0 Å². The van der Waals surface area contributed by atoms with E-state index >= 15 is 0 Å². The topological polar surface area (TPSA) is 9.23 Å². The van der Waals surface area contributed by atoms with Crippen LogP contribution in [0.3, 0.4) is 0 Å². The molecule has 20 heavy (non-hydrogen) atoms. The molecule has 0 N–H and O–H groups in total. The maximum Gasteiger partial charge on any atom is 0.0815 e. The molecule has 1 atom stereocenters. The van der Waals surface area contributed by atoms with Gasteiger partial charge in [-0.25, -0.2) is 0 Å². The predicted octanol–water partition coefficient (Wildman–Crippen LogP) is 6.58. The van der Waals surface area contributed by atoms with Crippen molar-refractivity contribution >= 4 is 46.4 Å². The fraction of sp³-hybridized carbons (Fsp3) is 0.200. The normalized spacial score (nSPS) is 12.4. The van der Waals surface area contributed by atoms with Crippen LogP contribution in [0.1, 0.15) is 24.2 Å². The van der Waals surface area contributed by atoms with E-state index in [9.17, 15) is 0 Å². The summed E-state index contributed by atoms with van der Waals surface area (Å²) in [5, 5.41) is 2.39. The lowest BCUT2D eigenvalue weighted by molar-refractivity contribution is 0.0527. The van der Waals surface area contributed by atoms with E-state index < -0.39 is 0 Å². The van der Waals surface area contributed by atoms with Gasteiger partial charge in [0.1, 0.15) is 0 Å². The Hall–Kier alpha value is -0.440. The lowest BCUT2D eigenvalue weighted by Crippen LogP contribution is -2.01. The van der Waals surface area contributed by atoms with Crippen LogP contribution in [0.25, 0.3) is 0 Å². The van der Waals surface area contributed by atoms with Crippen LogP contribution in [-0.4, -0.2) is 0 Å². The minimum Gasteiger partial charge on any atom is -0.369 e. The Morgan fingerprint density at radius 2 is 1.50 bits per heavy atom. The molecule has 1 nitrogen and oxygen atoms in total. The first-order valence-corrected chi connectivity index (χ1v) is 7.49. The number of rotatable bonds is 4. The van der Waals surface area contributed by atoms with Gasteiger partial charge in [-0.05, 0) is 42.3 Å². The maximum atomic E-state index is 6.15. The molecule has 0 heterocycles. The van der Waals surface area contributed by atoms with Crippen LogP contribution in [0.4, 0.5) is 0 Å². The van der Waals surface area contributed by atoms with Crippen molar-refractivity contribution in [2.24, 2.45) is 0 Å². The largest absolute Gasteiger partial charge is 0.369 e. The molecule has 5 heteroatoms. The van der Waals surface area contributed by atoms with Crippen LogP contribution in [0.15, 0.2) is 36.4 Å². The van der Waals surface area contributed by atoms with E-state index in [1.54, 1.807) is 24.3 Å². The first kappa shape index (κ1) is 15.9. The molecular formula is C15H12Cl4O. The van der Waals surface area contributed by atoms with E-state index in [4.69, 9.17) is 51.1 Å². The maximum absolute atomic E-state index is 6.15. The van der Waals surface area contributed by atoms with Gasteiger partial charge in [-0.15, -0.1) is 0 Å². The molecular weight excluding hydrogens is 338 g/mol. The second-order valence-corrected chi connectivity index (χ2v) is 6.04. The Morgan fingerprint density at radius 3 is 2.10 bits per heavy atom. The van der Waals surface area contributed by atoms with Crippen molar-refractivity contribution < 1.29 is 4.74 Å². The molecule has 2 rings (SSSR count). The summed E-state index contributed by atoms with van der Waals surface area (Å²) < 4.78 is 5.80. The molecule has 0 saturated carbocycles. The highest BCUT2D eigenvalue weighted by Crippen LogP contribution is 2.30. The Morgan fingerprint density at radius 1 is 0.900 bits per heavy atom. The lowest BCUT2D eigenvalue weighted by Gasteiger charge is -2.16. The van der Waals surface area contributed by atoms with Crippen molar-refractivity contribution in [1.82, 2.24) is 0 Å². The SMILES string of the molecule is C[C@H](OCc1ccc(Cl)cc1Cl)c1ccc(Cl)cc1Cl. The first-order chi connectivity index (χ1) is 9.47. The third kappa shape index (κ3) is 4.03. The summed E-state index contributed by atoms with van der Waals surface area (Å²) in [5.74, 6) is 0. The van der Waals surface area contributed by atoms with Crippen molar-refractivity contribution in [3.05, 3.63) is 67.6 Å². The molecule has 0 saturated heterocycles. The van der Waals surface area contributed by atoms with Gasteiger partial charge in [0.05, 0.1) is 12.7 Å². The van der Waals surface area contributed by atoms with Gasteiger partial charge in [0.15, 0.2) is 0 Å². The van der Waals surface area contributed by atoms with E-state index in [1.807, 2.05) is 19.1 Å². The van der Waals surface area contributed by atoms with E-state index in [2.05, 4.69) is 0 Å². The van der Waals surface area contributed by atoms with Gasteiger partial charge < -0.3 is 4.74 Å². The van der Waals surface area contributed by atoms with E-state index in [0.29, 0.717) is 26.7 Å². The van der Waals surface area contributed by atoms with Gasteiger partial charge in [-0.1, -0.05) is 58.5 Å². The molecule has 0 bridgehead atoms. The van der Waals surface area contributed by atoms with Gasteiger partial charge in [0.25, 0.3) is 0 Å². The second kappa shape index (κ2) is 7.02. The van der Waals surface area contributed by atoms with Crippen LogP contribution in [0, 0.1) is 0 Å². The molecule has 2 aromatic carbocycles. The summed E-state index contributed by atoms with van der Waals surface area (Å²) >= 11 is 24.0. The van der Waals surface area contributed by atoms with Crippen molar-refractivity contribution in [2.45, 2.75) is 19.6 Å². The minimum atomic E-state index is -0.161. The van der Waals surface area contributed by atoms with Gasteiger partial charge in [-0.2, -0.15) is 0 Å². The highest BCUT2D eigenvalue weighted by Gasteiger charge is 2.11. The zero-order valence-electron chi connectivity index (χ0n) is 10.7. The first-order valence-electron chi connectivity index (χ1n) is 5.98. The van der Waals surface area contributed by atoms with Crippen LogP contribution in [-0.2, 0) is 11.3 Å². The highest BCUT2D eigenvalue weighted by atomic mass is 35.5. The number of hydrogen-bond acceptors (Lipinski definition) is 1. The van der Waals surface area contributed by atoms with E-state index in [-0.39, 0.29) is 6.10 Å². The van der Waals surface area contributed by atoms with Gasteiger partial charge in [-0.3, -0.25) is 0 Å². The van der Waals surface area contributed by atoms with Crippen molar-refractivity contribution in [3.63, 3.8) is 0 Å². The average molecular weight is 350 g/mol. The lowest BCUT2D eigenvalue weighted by atomic mass is 10.1. The second-order valence-electron chi connectivity index (χ2n) is 4.35. The Balaban J connectivity index is 2.06. The van der Waals surface area contributed by atoms with Crippen LogP contribution in [0.5, 0.6) is 0 Å². The van der Waals surface area contributed by atoms with Crippen LogP contribution in [0.2, 0.25) is 20.1 Å². The van der Waals surface area contributed by atoms with Crippen LogP contribution < -0.4 is 0 Å². The molecule has 0 radical (unpaired) electrons. The molecule has 106 valence electrons. The van der Waals surface area contributed by atoms with Crippen LogP contribution >= 0.6 is 46.4 Å². The number of hydrogen-bond donors (Lipinski definition) is 0. The Kier molecular flexibility index (Phi) is 5.59. The number of halogens is 4. The number of ether oxygens (including phenoxy) is 1. The summed E-state index contributed by atoms with van der Waals surface area (Å²) in [6.45, 7) is 2.31. The predicted molar refractivity (Wildman–Crippen MR) is 86.1 cm³/mol. The number of benzene rings is 2. The molecule has 0 aromatic heterocycles. The molecule has 0 aliphatic carbocycles. The van der Waals surface area contributed by atoms with Crippen molar-refractivity contribution in [3.8, 4) is 0 Å². The van der Waals surface area contributed by atoms with Gasteiger partial charge in [0.2, 0.25) is 0 Å². The molecule has 0 amide bonds. The molecule has 0 aliphatic rings. The fourth-order valence-corrected chi connectivity index (χ4v) is 2.80. The van der Waals surface area contributed by atoms with Gasteiger partial charge in [0, 0.05) is 20.1 Å². The molecule has 0 fully saturated rings. The third-order valence-corrected chi connectivity index (χ3v) is 4.05. The van der Waals surface area contributed by atoms with E-state index in [0.717, 1.165) is 11.1 Å². The fourth-order valence-electron chi connectivity index (χ4n) is 1.77. The summed E-state index contributed by atoms with van der Waals surface area (Å²) in [6.07, 6.45) is -0.161. The average Bonchev–Trinajstić information content (AvgIpc) is 2.37. The van der Waals surface area contributed by atoms with Crippen molar-refractivity contribution in [2.75, 3.05) is 0 Å². The quantitative estimate of drug-likeness (QED) is 0.605.